The molecule has 3 heteroatoms. The van der Waals surface area contributed by atoms with Crippen LogP contribution in [-0.2, 0) is 6.54 Å². The van der Waals surface area contributed by atoms with Gasteiger partial charge in [-0.1, -0.05) is 12.1 Å². The lowest BCUT2D eigenvalue weighted by Crippen LogP contribution is -2.05. The van der Waals surface area contributed by atoms with Crippen LogP contribution in [0.4, 0.5) is 4.39 Å². The molecule has 1 heterocycles. The number of aryl methyl sites for hydroxylation is 1. The first-order chi connectivity index (χ1) is 8.22. The van der Waals surface area contributed by atoms with E-state index in [1.54, 1.807) is 6.92 Å². The van der Waals surface area contributed by atoms with Gasteiger partial charge in [-0.3, -0.25) is 0 Å². The molecular formula is C14H16FNO. The van der Waals surface area contributed by atoms with Gasteiger partial charge in [-0.15, -0.1) is 0 Å². The highest BCUT2D eigenvalue weighted by Crippen LogP contribution is 2.46. The average Bonchev–Trinajstić information content (AvgIpc) is 3.07. The van der Waals surface area contributed by atoms with Crippen LogP contribution in [0.3, 0.4) is 0 Å². The maximum Gasteiger partial charge on any atom is 0.170 e. The topological polar surface area (TPSA) is 25.2 Å². The second-order valence-electron chi connectivity index (χ2n) is 4.82. The molecule has 1 saturated carbocycles. The summed E-state index contributed by atoms with van der Waals surface area (Å²) in [6.45, 7) is 2.44. The molecule has 17 heavy (non-hydrogen) atoms. The van der Waals surface area contributed by atoms with Crippen molar-refractivity contribution in [3.8, 4) is 0 Å². The summed E-state index contributed by atoms with van der Waals surface area (Å²) in [7, 11) is 1.88. The molecule has 0 unspecified atom stereocenters. The van der Waals surface area contributed by atoms with Gasteiger partial charge < -0.3 is 9.73 Å². The van der Waals surface area contributed by atoms with Crippen molar-refractivity contribution in [3.63, 3.8) is 0 Å². The molecule has 0 saturated heterocycles. The Kier molecular flexibility index (Phi) is 2.44. The Hall–Kier alpha value is -1.35. The lowest BCUT2D eigenvalue weighted by atomic mass is 10.0. The number of halogens is 1. The van der Waals surface area contributed by atoms with Crippen molar-refractivity contribution < 1.29 is 8.81 Å². The van der Waals surface area contributed by atoms with Gasteiger partial charge in [0.15, 0.2) is 11.4 Å². The van der Waals surface area contributed by atoms with Crippen LogP contribution in [0.15, 0.2) is 16.5 Å². The fourth-order valence-electron chi connectivity index (χ4n) is 2.41. The van der Waals surface area contributed by atoms with Crippen molar-refractivity contribution in [1.82, 2.24) is 5.32 Å². The highest BCUT2D eigenvalue weighted by Gasteiger charge is 2.31. The zero-order valence-electron chi connectivity index (χ0n) is 10.1. The van der Waals surface area contributed by atoms with Gasteiger partial charge in [-0.2, -0.15) is 0 Å². The summed E-state index contributed by atoms with van der Waals surface area (Å²) >= 11 is 0. The third-order valence-corrected chi connectivity index (χ3v) is 3.43. The van der Waals surface area contributed by atoms with Crippen molar-refractivity contribution in [3.05, 3.63) is 34.8 Å². The number of furan rings is 1. The van der Waals surface area contributed by atoms with Crippen LogP contribution in [-0.4, -0.2) is 7.05 Å². The quantitative estimate of drug-likeness (QED) is 0.878. The average molecular weight is 233 g/mol. The minimum atomic E-state index is -0.216. The second-order valence-corrected chi connectivity index (χ2v) is 4.82. The van der Waals surface area contributed by atoms with Crippen LogP contribution < -0.4 is 5.32 Å². The predicted octanol–water partition coefficient (Wildman–Crippen LogP) is 3.48. The maximum atomic E-state index is 14.0. The molecule has 0 bridgehead atoms. The Bertz CT molecular complexity index is 569. The molecule has 1 fully saturated rings. The van der Waals surface area contributed by atoms with Gasteiger partial charge in [-0.05, 0) is 38.3 Å². The molecule has 0 amide bonds. The standard InChI is InChI=1S/C14H16FNO/c1-8-3-6-10-12(9-4-5-9)11(7-16-2)17-14(10)13(8)15/h3,6,9,16H,4-5,7H2,1-2H3. The van der Waals surface area contributed by atoms with Crippen molar-refractivity contribution in [2.24, 2.45) is 0 Å². The van der Waals surface area contributed by atoms with Gasteiger partial charge in [0, 0.05) is 10.9 Å². The SMILES string of the molecule is CNCc1oc2c(F)c(C)ccc2c1C1CC1. The fraction of sp³-hybridized carbons (Fsp3) is 0.429. The Morgan fingerprint density at radius 1 is 1.41 bits per heavy atom. The Morgan fingerprint density at radius 3 is 2.82 bits per heavy atom. The summed E-state index contributed by atoms with van der Waals surface area (Å²) in [5.41, 5.74) is 2.29. The third-order valence-electron chi connectivity index (χ3n) is 3.43. The summed E-state index contributed by atoms with van der Waals surface area (Å²) in [6.07, 6.45) is 2.39. The van der Waals surface area contributed by atoms with Crippen molar-refractivity contribution in [1.29, 1.82) is 0 Å². The zero-order valence-corrected chi connectivity index (χ0v) is 10.1. The summed E-state index contributed by atoms with van der Waals surface area (Å²) in [4.78, 5) is 0. The Labute approximate surface area is 99.8 Å². The first kappa shape index (κ1) is 10.8. The van der Waals surface area contributed by atoms with Crippen molar-refractivity contribution in [2.45, 2.75) is 32.2 Å². The molecule has 90 valence electrons. The van der Waals surface area contributed by atoms with Crippen LogP contribution in [0.1, 0.15) is 35.6 Å². The van der Waals surface area contributed by atoms with Crippen LogP contribution in [0.25, 0.3) is 11.0 Å². The van der Waals surface area contributed by atoms with Gasteiger partial charge in [0.25, 0.3) is 0 Å². The van der Waals surface area contributed by atoms with Gasteiger partial charge in [0.05, 0.1) is 6.54 Å². The van der Waals surface area contributed by atoms with E-state index in [0.29, 0.717) is 23.6 Å². The summed E-state index contributed by atoms with van der Waals surface area (Å²) in [5, 5.41) is 4.05. The minimum Gasteiger partial charge on any atom is -0.456 e. The number of benzene rings is 1. The number of nitrogens with one attached hydrogen (secondary N) is 1. The molecule has 1 aliphatic carbocycles. The van der Waals surface area contributed by atoms with E-state index in [-0.39, 0.29) is 5.82 Å². The monoisotopic (exact) mass is 233 g/mol. The Morgan fingerprint density at radius 2 is 2.18 bits per heavy atom. The van der Waals surface area contributed by atoms with E-state index in [2.05, 4.69) is 5.32 Å². The molecule has 2 nitrogen and oxygen atoms in total. The van der Waals surface area contributed by atoms with E-state index in [1.165, 1.54) is 18.4 Å². The first-order valence-electron chi connectivity index (χ1n) is 6.07. The van der Waals surface area contributed by atoms with E-state index in [9.17, 15) is 4.39 Å². The number of hydrogen-bond acceptors (Lipinski definition) is 2. The van der Waals surface area contributed by atoms with Crippen molar-refractivity contribution in [2.75, 3.05) is 7.05 Å². The molecule has 0 radical (unpaired) electrons. The normalized spacial score (nSPS) is 15.7. The first-order valence-corrected chi connectivity index (χ1v) is 6.07. The van der Waals surface area contributed by atoms with E-state index in [4.69, 9.17) is 4.42 Å². The molecule has 0 spiro atoms. The predicted molar refractivity (Wildman–Crippen MR) is 65.6 cm³/mol. The molecule has 1 N–H and O–H groups in total. The fourth-order valence-corrected chi connectivity index (χ4v) is 2.41. The largest absolute Gasteiger partial charge is 0.456 e. The molecule has 1 aromatic heterocycles. The van der Waals surface area contributed by atoms with E-state index >= 15 is 0 Å². The van der Waals surface area contributed by atoms with Crippen LogP contribution in [0.5, 0.6) is 0 Å². The Balaban J connectivity index is 2.26. The lowest BCUT2D eigenvalue weighted by molar-refractivity contribution is 0.500. The summed E-state index contributed by atoms with van der Waals surface area (Å²) in [6, 6.07) is 3.83. The van der Waals surface area contributed by atoms with Crippen LogP contribution in [0, 0.1) is 12.7 Å². The number of rotatable bonds is 3. The van der Waals surface area contributed by atoms with Crippen molar-refractivity contribution >= 4 is 11.0 Å². The van der Waals surface area contributed by atoms with E-state index in [1.807, 2.05) is 19.2 Å². The smallest absolute Gasteiger partial charge is 0.170 e. The minimum absolute atomic E-state index is 0.216. The molecule has 1 aliphatic rings. The summed E-state index contributed by atoms with van der Waals surface area (Å²) < 4.78 is 19.7. The number of fused-ring (bicyclic) bond motifs is 1. The second kappa shape index (κ2) is 3.84. The highest BCUT2D eigenvalue weighted by atomic mass is 19.1. The van der Waals surface area contributed by atoms with Gasteiger partial charge in [-0.25, -0.2) is 4.39 Å². The molecule has 3 rings (SSSR count). The molecular weight excluding hydrogens is 217 g/mol. The molecule has 2 aromatic rings. The van der Waals surface area contributed by atoms with E-state index in [0.717, 1.165) is 11.1 Å². The van der Waals surface area contributed by atoms with Crippen LogP contribution in [0.2, 0.25) is 0 Å². The van der Waals surface area contributed by atoms with Gasteiger partial charge >= 0.3 is 0 Å². The maximum absolute atomic E-state index is 14.0. The third kappa shape index (κ3) is 1.65. The molecule has 0 atom stereocenters. The molecule has 1 aromatic carbocycles. The van der Waals surface area contributed by atoms with E-state index < -0.39 is 0 Å². The van der Waals surface area contributed by atoms with Gasteiger partial charge in [0.1, 0.15) is 5.76 Å². The lowest BCUT2D eigenvalue weighted by Gasteiger charge is -1.99. The summed E-state index contributed by atoms with van der Waals surface area (Å²) in [5.74, 6) is 1.25. The zero-order chi connectivity index (χ0) is 12.0. The number of hydrogen-bond donors (Lipinski definition) is 1. The molecule has 0 aliphatic heterocycles. The van der Waals surface area contributed by atoms with Crippen LogP contribution >= 0.6 is 0 Å². The highest BCUT2D eigenvalue weighted by molar-refractivity contribution is 5.84. The van der Waals surface area contributed by atoms with Gasteiger partial charge in [0.2, 0.25) is 0 Å².